The molecular formula is C16H12FN7O. The standard InChI is InChI=1S/C16H12FN7O/c1-23-6-5-19-16(23)15-20-22-24(21-15)12-7-11(17)8-14(9-12)25-13-3-2-4-18-10-13/h2-10H,1H3. The van der Waals surface area contributed by atoms with E-state index in [2.05, 4.69) is 25.4 Å². The molecule has 0 aliphatic carbocycles. The Morgan fingerprint density at radius 1 is 1.12 bits per heavy atom. The van der Waals surface area contributed by atoms with Crippen molar-refractivity contribution in [3.05, 3.63) is 60.9 Å². The minimum absolute atomic E-state index is 0.304. The highest BCUT2D eigenvalue weighted by Crippen LogP contribution is 2.24. The second-order valence-corrected chi connectivity index (χ2v) is 5.20. The van der Waals surface area contributed by atoms with Crippen molar-refractivity contribution in [1.29, 1.82) is 0 Å². The molecule has 8 nitrogen and oxygen atoms in total. The summed E-state index contributed by atoms with van der Waals surface area (Å²) in [6, 6.07) is 7.63. The second-order valence-electron chi connectivity index (χ2n) is 5.20. The molecule has 0 radical (unpaired) electrons. The average Bonchev–Trinajstić information content (AvgIpc) is 3.24. The summed E-state index contributed by atoms with van der Waals surface area (Å²) in [6.07, 6.45) is 6.58. The van der Waals surface area contributed by atoms with Gasteiger partial charge in [-0.1, -0.05) is 0 Å². The summed E-state index contributed by atoms with van der Waals surface area (Å²) < 4.78 is 21.3. The lowest BCUT2D eigenvalue weighted by Crippen LogP contribution is -2.01. The summed E-state index contributed by atoms with van der Waals surface area (Å²) in [4.78, 5) is 9.34. The fourth-order valence-corrected chi connectivity index (χ4v) is 2.26. The Morgan fingerprint density at radius 2 is 2.04 bits per heavy atom. The van der Waals surface area contributed by atoms with Gasteiger partial charge in [0, 0.05) is 43.8 Å². The molecule has 4 rings (SSSR count). The fourth-order valence-electron chi connectivity index (χ4n) is 2.26. The SMILES string of the molecule is Cn1ccnc1-c1nnn(-c2cc(F)cc(Oc3cccnc3)c2)n1. The van der Waals surface area contributed by atoms with Crippen molar-refractivity contribution in [2.45, 2.75) is 0 Å². The summed E-state index contributed by atoms with van der Waals surface area (Å²) in [5.74, 6) is 1.23. The van der Waals surface area contributed by atoms with Crippen LogP contribution >= 0.6 is 0 Å². The quantitative estimate of drug-likeness (QED) is 0.568. The topological polar surface area (TPSA) is 83.5 Å². The van der Waals surface area contributed by atoms with E-state index in [0.717, 1.165) is 0 Å². The Kier molecular flexibility index (Phi) is 3.65. The summed E-state index contributed by atoms with van der Waals surface area (Å²) in [6.45, 7) is 0. The molecule has 0 unspecified atom stereocenters. The second kappa shape index (κ2) is 6.11. The molecular weight excluding hydrogens is 325 g/mol. The molecule has 0 spiro atoms. The third-order valence-corrected chi connectivity index (χ3v) is 3.39. The first-order valence-electron chi connectivity index (χ1n) is 7.35. The summed E-state index contributed by atoms with van der Waals surface area (Å²) in [5.41, 5.74) is 0.381. The molecule has 0 aliphatic heterocycles. The van der Waals surface area contributed by atoms with Crippen molar-refractivity contribution in [3.8, 4) is 28.8 Å². The highest BCUT2D eigenvalue weighted by Gasteiger charge is 2.13. The van der Waals surface area contributed by atoms with Gasteiger partial charge in [-0.15, -0.1) is 15.0 Å². The van der Waals surface area contributed by atoms with Crippen LogP contribution in [-0.4, -0.2) is 34.7 Å². The van der Waals surface area contributed by atoms with E-state index >= 15 is 0 Å². The molecule has 0 atom stereocenters. The van der Waals surface area contributed by atoms with Crippen LogP contribution in [0.3, 0.4) is 0 Å². The van der Waals surface area contributed by atoms with Gasteiger partial charge >= 0.3 is 0 Å². The van der Waals surface area contributed by atoms with E-state index in [1.165, 1.54) is 23.1 Å². The maximum absolute atomic E-state index is 14.0. The van der Waals surface area contributed by atoms with Crippen LogP contribution < -0.4 is 4.74 Å². The molecule has 25 heavy (non-hydrogen) atoms. The molecule has 0 saturated carbocycles. The smallest absolute Gasteiger partial charge is 0.240 e. The normalized spacial score (nSPS) is 10.8. The molecule has 0 N–H and O–H groups in total. The molecule has 0 saturated heterocycles. The lowest BCUT2D eigenvalue weighted by Gasteiger charge is -2.07. The predicted molar refractivity (Wildman–Crippen MR) is 85.6 cm³/mol. The molecule has 0 amide bonds. The van der Waals surface area contributed by atoms with Crippen LogP contribution in [-0.2, 0) is 7.05 Å². The van der Waals surface area contributed by atoms with Crippen LogP contribution in [0.15, 0.2) is 55.1 Å². The van der Waals surface area contributed by atoms with Crippen LogP contribution in [0.5, 0.6) is 11.5 Å². The molecule has 124 valence electrons. The number of halogens is 1. The molecule has 0 bridgehead atoms. The van der Waals surface area contributed by atoms with E-state index in [-0.39, 0.29) is 0 Å². The van der Waals surface area contributed by atoms with Crippen molar-refractivity contribution in [1.82, 2.24) is 34.7 Å². The first-order valence-corrected chi connectivity index (χ1v) is 7.35. The van der Waals surface area contributed by atoms with Crippen LogP contribution in [0.2, 0.25) is 0 Å². The first kappa shape index (κ1) is 14.9. The van der Waals surface area contributed by atoms with Gasteiger partial charge in [0.2, 0.25) is 5.82 Å². The number of rotatable bonds is 4. The molecule has 1 aromatic carbocycles. The van der Waals surface area contributed by atoms with Gasteiger partial charge in [-0.3, -0.25) is 4.98 Å². The number of imidazole rings is 1. The number of nitrogens with zero attached hydrogens (tertiary/aromatic N) is 7. The molecule has 0 aliphatic rings. The maximum atomic E-state index is 14.0. The summed E-state index contributed by atoms with van der Waals surface area (Å²) in [7, 11) is 1.82. The van der Waals surface area contributed by atoms with Crippen molar-refractivity contribution >= 4 is 0 Å². The van der Waals surface area contributed by atoms with Crippen LogP contribution in [0.1, 0.15) is 0 Å². The van der Waals surface area contributed by atoms with E-state index in [9.17, 15) is 4.39 Å². The maximum Gasteiger partial charge on any atom is 0.240 e. The number of ether oxygens (including phenoxy) is 1. The lowest BCUT2D eigenvalue weighted by molar-refractivity contribution is 0.473. The van der Waals surface area contributed by atoms with Crippen molar-refractivity contribution < 1.29 is 9.13 Å². The lowest BCUT2D eigenvalue weighted by atomic mass is 10.3. The molecule has 4 aromatic rings. The minimum Gasteiger partial charge on any atom is -0.456 e. The Hall–Kier alpha value is -3.62. The largest absolute Gasteiger partial charge is 0.456 e. The number of pyridine rings is 1. The Labute approximate surface area is 141 Å². The van der Waals surface area contributed by atoms with Gasteiger partial charge in [0.15, 0.2) is 5.82 Å². The van der Waals surface area contributed by atoms with Crippen LogP contribution in [0.4, 0.5) is 4.39 Å². The Balaban J connectivity index is 1.67. The third kappa shape index (κ3) is 3.07. The Morgan fingerprint density at radius 3 is 2.80 bits per heavy atom. The summed E-state index contributed by atoms with van der Waals surface area (Å²) in [5, 5.41) is 12.2. The fraction of sp³-hybridized carbons (Fsp3) is 0.0625. The number of hydrogen-bond acceptors (Lipinski definition) is 6. The van der Waals surface area contributed by atoms with Crippen molar-refractivity contribution in [2.24, 2.45) is 7.05 Å². The Bertz CT molecular complexity index is 1010. The molecule has 9 heteroatoms. The third-order valence-electron chi connectivity index (χ3n) is 3.39. The average molecular weight is 337 g/mol. The van der Waals surface area contributed by atoms with E-state index in [1.807, 2.05) is 7.05 Å². The number of benzene rings is 1. The monoisotopic (exact) mass is 337 g/mol. The zero-order chi connectivity index (χ0) is 17.2. The van der Waals surface area contributed by atoms with E-state index in [4.69, 9.17) is 4.74 Å². The van der Waals surface area contributed by atoms with Crippen molar-refractivity contribution in [2.75, 3.05) is 0 Å². The number of hydrogen-bond donors (Lipinski definition) is 0. The van der Waals surface area contributed by atoms with Crippen LogP contribution in [0.25, 0.3) is 17.3 Å². The zero-order valence-corrected chi connectivity index (χ0v) is 13.1. The van der Waals surface area contributed by atoms with Gasteiger partial charge in [0.1, 0.15) is 17.3 Å². The number of aryl methyl sites for hydroxylation is 1. The highest BCUT2D eigenvalue weighted by molar-refractivity contribution is 5.44. The van der Waals surface area contributed by atoms with Gasteiger partial charge in [-0.2, -0.15) is 0 Å². The predicted octanol–water partition coefficient (Wildman–Crippen LogP) is 2.39. The van der Waals surface area contributed by atoms with Gasteiger partial charge in [-0.25, -0.2) is 9.37 Å². The zero-order valence-electron chi connectivity index (χ0n) is 13.1. The number of tetrazole rings is 1. The molecule has 0 fully saturated rings. The van der Waals surface area contributed by atoms with E-state index in [1.54, 1.807) is 41.4 Å². The van der Waals surface area contributed by atoms with Crippen molar-refractivity contribution in [3.63, 3.8) is 0 Å². The van der Waals surface area contributed by atoms with E-state index in [0.29, 0.717) is 28.8 Å². The van der Waals surface area contributed by atoms with Gasteiger partial charge in [-0.05, 0) is 17.3 Å². The summed E-state index contributed by atoms with van der Waals surface area (Å²) >= 11 is 0. The molecule has 3 aromatic heterocycles. The minimum atomic E-state index is -0.479. The van der Waals surface area contributed by atoms with Gasteiger partial charge in [0.25, 0.3) is 0 Å². The van der Waals surface area contributed by atoms with E-state index < -0.39 is 5.82 Å². The van der Waals surface area contributed by atoms with Gasteiger partial charge < -0.3 is 9.30 Å². The number of aromatic nitrogens is 7. The van der Waals surface area contributed by atoms with Gasteiger partial charge in [0.05, 0.1) is 11.9 Å². The highest BCUT2D eigenvalue weighted by atomic mass is 19.1. The first-order chi connectivity index (χ1) is 12.2. The van der Waals surface area contributed by atoms with Crippen LogP contribution in [0, 0.1) is 5.82 Å². The molecule has 3 heterocycles.